The molecule has 0 spiro atoms. The molecule has 2 heterocycles. The summed E-state index contributed by atoms with van der Waals surface area (Å²) in [4.78, 5) is 54.0. The van der Waals surface area contributed by atoms with Crippen LogP contribution in [-0.4, -0.2) is 78.1 Å². The molecule has 2 aromatic rings. The van der Waals surface area contributed by atoms with Gasteiger partial charge in [-0.2, -0.15) is 8.78 Å². The van der Waals surface area contributed by atoms with E-state index in [0.29, 0.717) is 16.7 Å². The summed E-state index contributed by atoms with van der Waals surface area (Å²) >= 11 is 5.76. The van der Waals surface area contributed by atoms with Gasteiger partial charge in [0.05, 0.1) is 5.44 Å². The van der Waals surface area contributed by atoms with Gasteiger partial charge in [-0.05, 0) is 35.1 Å². The van der Waals surface area contributed by atoms with Crippen LogP contribution in [0.2, 0.25) is 16.7 Å². The van der Waals surface area contributed by atoms with Crippen molar-refractivity contribution >= 4 is 74.6 Å². The summed E-state index contributed by atoms with van der Waals surface area (Å²) in [6, 6.07) is 9.63. The first-order valence-corrected chi connectivity index (χ1v) is 12.3. The fraction of sp³-hybridized carbons (Fsp3) is 0.273. The van der Waals surface area contributed by atoms with Gasteiger partial charge in [0.15, 0.2) is 0 Å². The summed E-state index contributed by atoms with van der Waals surface area (Å²) in [5, 5.41) is 2.62. The first kappa shape index (κ1) is 27.0. The molecule has 1 N–H and O–H groups in total. The van der Waals surface area contributed by atoms with Gasteiger partial charge in [0.25, 0.3) is 11.8 Å². The summed E-state index contributed by atoms with van der Waals surface area (Å²) in [6.07, 6.45) is 0. The summed E-state index contributed by atoms with van der Waals surface area (Å²) in [5.41, 5.74) is -0.182. The normalized spacial score (nSPS) is 24.7. The van der Waals surface area contributed by atoms with Crippen LogP contribution in [0.3, 0.4) is 0 Å². The lowest BCUT2D eigenvalue weighted by atomic mass is 9.48. The molecule has 4 unspecified atom stereocenters. The Morgan fingerprint density at radius 3 is 2.38 bits per heavy atom. The third-order valence-electron chi connectivity index (χ3n) is 7.93. The van der Waals surface area contributed by atoms with Crippen molar-refractivity contribution in [2.75, 3.05) is 0 Å². The fourth-order valence-electron chi connectivity index (χ4n) is 5.15. The largest absolute Gasteiger partial charge is 0.352 e. The lowest BCUT2D eigenvalue weighted by Crippen LogP contribution is -2.68. The van der Waals surface area contributed by atoms with Gasteiger partial charge in [-0.25, -0.2) is 0 Å². The SMILES string of the molecule is BC(NC(=O)C(F)(F)c1ccc(Cl)cc1)c1ccc2c(c1)CN(C1(B)C(=O)N(B)C(=O)C(B)C1B)C2=O. The molecule has 0 saturated carbocycles. The quantitative estimate of drug-likeness (QED) is 0.362. The smallest absolute Gasteiger partial charge is 0.349 e. The molecule has 2 aliphatic heterocycles. The number of rotatable bonds is 5. The maximum Gasteiger partial charge on any atom is 0.349 e. The number of carbonyl (C=O) groups is 4. The Kier molecular flexibility index (Phi) is 6.86. The van der Waals surface area contributed by atoms with Crippen LogP contribution in [0.1, 0.15) is 33.0 Å². The first-order chi connectivity index (χ1) is 17.2. The number of benzene rings is 2. The van der Waals surface area contributed by atoms with Crippen molar-refractivity contribution in [3.05, 3.63) is 69.7 Å². The van der Waals surface area contributed by atoms with Crippen molar-refractivity contribution < 1.29 is 28.0 Å². The van der Waals surface area contributed by atoms with Crippen molar-refractivity contribution in [2.24, 2.45) is 0 Å². The topological polar surface area (TPSA) is 86.8 Å². The summed E-state index contributed by atoms with van der Waals surface area (Å²) in [7, 11) is 8.19. The lowest BCUT2D eigenvalue weighted by molar-refractivity contribution is -0.148. The van der Waals surface area contributed by atoms with Gasteiger partial charge < -0.3 is 15.0 Å². The molecule has 15 heteroatoms. The number of piperidine rings is 1. The Bertz CT molecular complexity index is 1320. The van der Waals surface area contributed by atoms with Gasteiger partial charge in [0.1, 0.15) is 31.4 Å². The number of hydrogen-bond acceptors (Lipinski definition) is 4. The maximum atomic E-state index is 14.7. The van der Waals surface area contributed by atoms with Gasteiger partial charge in [-0.15, -0.1) is 0 Å². The highest BCUT2D eigenvalue weighted by Crippen LogP contribution is 2.43. The second-order valence-electron chi connectivity index (χ2n) is 10.0. The van der Waals surface area contributed by atoms with Crippen molar-refractivity contribution in [1.82, 2.24) is 15.0 Å². The minimum absolute atomic E-state index is 0.116. The van der Waals surface area contributed by atoms with E-state index in [9.17, 15) is 28.0 Å². The molecule has 0 bridgehead atoms. The molecule has 0 aromatic heterocycles. The van der Waals surface area contributed by atoms with Gasteiger partial charge >= 0.3 is 5.92 Å². The van der Waals surface area contributed by atoms with Crippen LogP contribution in [0, 0.1) is 0 Å². The minimum atomic E-state index is -3.77. The van der Waals surface area contributed by atoms with Crippen molar-refractivity contribution in [3.8, 4) is 0 Å². The molecular weight excluding hydrogens is 498 g/mol. The third kappa shape index (κ3) is 4.29. The van der Waals surface area contributed by atoms with Gasteiger partial charge in [-0.3, -0.25) is 19.2 Å². The molecule has 4 amide bonds. The van der Waals surface area contributed by atoms with Crippen LogP contribution in [0.15, 0.2) is 42.5 Å². The van der Waals surface area contributed by atoms with E-state index in [1.54, 1.807) is 49.6 Å². The van der Waals surface area contributed by atoms with Gasteiger partial charge in [-0.1, -0.05) is 35.9 Å². The van der Waals surface area contributed by atoms with Crippen LogP contribution >= 0.6 is 11.6 Å². The molecule has 1 saturated heterocycles. The van der Waals surface area contributed by atoms with E-state index in [4.69, 9.17) is 11.6 Å². The summed E-state index contributed by atoms with van der Waals surface area (Å²) in [6.45, 7) is 0.116. The molecule has 37 heavy (non-hydrogen) atoms. The molecule has 2 aliphatic rings. The second-order valence-corrected chi connectivity index (χ2v) is 10.4. The molecule has 4 atom stereocenters. The number of fused-ring (bicyclic) bond motifs is 1. The number of nitrogens with one attached hydrogen (secondary N) is 1. The van der Waals surface area contributed by atoms with E-state index in [-0.39, 0.29) is 23.4 Å². The molecule has 1 fully saturated rings. The lowest BCUT2D eigenvalue weighted by Gasteiger charge is -2.50. The molecule has 0 radical (unpaired) electrons. The van der Waals surface area contributed by atoms with E-state index < -0.39 is 46.3 Å². The molecule has 0 aliphatic carbocycles. The molecule has 186 valence electrons. The Morgan fingerprint density at radius 1 is 1.14 bits per heavy atom. The van der Waals surface area contributed by atoms with Gasteiger partial charge in [0, 0.05) is 34.5 Å². The highest BCUT2D eigenvalue weighted by Gasteiger charge is 2.56. The average Bonchev–Trinajstić information content (AvgIpc) is 3.21. The van der Waals surface area contributed by atoms with Crippen molar-refractivity contribution in [2.45, 2.75) is 35.5 Å². The standard InChI is InChI=1S/C22H23B5ClF2N3O4/c23-14-15(24)21(26,20(37)33(27)18(14)35)32-8-10-7-9(1-6-13(10)17(32)34)16(25)31-19(36)22(29,30)11-2-4-12(28)5-3-11/h1-7,14-16H,8,23-27H2,(H,31,36). The molecule has 7 nitrogen and oxygen atoms in total. The van der Waals surface area contributed by atoms with E-state index in [1.807, 2.05) is 0 Å². The van der Waals surface area contributed by atoms with E-state index in [1.165, 1.54) is 25.0 Å². The number of halogens is 3. The number of imide groups is 1. The Hall–Kier alpha value is -3.01. The number of alkyl halides is 2. The number of amides is 4. The first-order valence-electron chi connectivity index (χ1n) is 11.9. The number of carbonyl (C=O) groups excluding carboxylic acids is 4. The zero-order valence-corrected chi connectivity index (χ0v) is 21.9. The Morgan fingerprint density at radius 2 is 1.76 bits per heavy atom. The summed E-state index contributed by atoms with van der Waals surface area (Å²) in [5.74, 6) is -7.98. The molecule has 4 rings (SSSR count). The molecular formula is C22H23B5ClF2N3O4. The van der Waals surface area contributed by atoms with E-state index in [0.717, 1.165) is 16.9 Å². The zero-order chi connectivity index (χ0) is 27.4. The highest BCUT2D eigenvalue weighted by molar-refractivity contribution is 6.47. The predicted molar refractivity (Wildman–Crippen MR) is 147 cm³/mol. The maximum absolute atomic E-state index is 14.7. The van der Waals surface area contributed by atoms with Crippen LogP contribution in [-0.2, 0) is 26.9 Å². The summed E-state index contributed by atoms with van der Waals surface area (Å²) < 4.78 is 29.5. The Balaban J connectivity index is 1.56. The van der Waals surface area contributed by atoms with Gasteiger partial charge in [0.2, 0.25) is 19.8 Å². The highest BCUT2D eigenvalue weighted by atomic mass is 35.5. The monoisotopic (exact) mass is 521 g/mol. The minimum Gasteiger partial charge on any atom is -0.352 e. The van der Waals surface area contributed by atoms with Crippen LogP contribution in [0.25, 0.3) is 0 Å². The predicted octanol–water partition coefficient (Wildman–Crippen LogP) is -2.07. The second kappa shape index (κ2) is 9.38. The average molecular weight is 521 g/mol. The van der Waals surface area contributed by atoms with E-state index >= 15 is 0 Å². The van der Waals surface area contributed by atoms with E-state index in [2.05, 4.69) is 5.32 Å². The van der Waals surface area contributed by atoms with Crippen molar-refractivity contribution in [3.63, 3.8) is 0 Å². The van der Waals surface area contributed by atoms with Crippen LogP contribution < -0.4 is 5.32 Å². The van der Waals surface area contributed by atoms with Crippen LogP contribution in [0.5, 0.6) is 0 Å². The zero-order valence-electron chi connectivity index (χ0n) is 21.1. The number of nitrogens with zero attached hydrogens (tertiary/aromatic N) is 2. The van der Waals surface area contributed by atoms with Crippen LogP contribution in [0.4, 0.5) is 8.78 Å². The third-order valence-corrected chi connectivity index (χ3v) is 8.18. The van der Waals surface area contributed by atoms with Crippen molar-refractivity contribution in [1.29, 1.82) is 0 Å². The number of hydrogen-bond donors (Lipinski definition) is 1. The molecule has 2 aromatic carbocycles. The fourth-order valence-corrected chi connectivity index (χ4v) is 5.27. The Labute approximate surface area is 222 Å².